The van der Waals surface area contributed by atoms with Crippen LogP contribution in [0.25, 0.3) is 16.8 Å². The van der Waals surface area contributed by atoms with E-state index in [4.69, 9.17) is 11.6 Å². The van der Waals surface area contributed by atoms with Gasteiger partial charge in [-0.3, -0.25) is 0 Å². The SMILES string of the molecule is CC(Cc1cccc(F)c1)c1c(Cl)cnc2c(-c3ccc(C(F)(F)F)cc3)cnn12. The minimum Gasteiger partial charge on any atom is -0.235 e. The maximum atomic E-state index is 13.5. The van der Waals surface area contributed by atoms with E-state index in [0.29, 0.717) is 33.9 Å². The van der Waals surface area contributed by atoms with Crippen LogP contribution in [0.15, 0.2) is 60.9 Å². The number of benzene rings is 2. The second-order valence-electron chi connectivity index (χ2n) is 7.10. The summed E-state index contributed by atoms with van der Waals surface area (Å²) in [5.41, 5.74) is 2.45. The molecule has 0 amide bonds. The minimum absolute atomic E-state index is 0.106. The van der Waals surface area contributed by atoms with Crippen LogP contribution < -0.4 is 0 Å². The molecule has 0 bridgehead atoms. The zero-order chi connectivity index (χ0) is 21.5. The van der Waals surface area contributed by atoms with Crippen molar-refractivity contribution >= 4 is 17.2 Å². The molecule has 2 aromatic heterocycles. The van der Waals surface area contributed by atoms with Crippen LogP contribution in [0.1, 0.15) is 29.7 Å². The normalized spacial score (nSPS) is 13.0. The van der Waals surface area contributed by atoms with E-state index in [1.807, 2.05) is 13.0 Å². The van der Waals surface area contributed by atoms with Crippen LogP contribution in [-0.4, -0.2) is 14.6 Å². The van der Waals surface area contributed by atoms with Crippen LogP contribution >= 0.6 is 11.6 Å². The maximum absolute atomic E-state index is 13.5. The molecule has 0 N–H and O–H groups in total. The highest BCUT2D eigenvalue weighted by molar-refractivity contribution is 6.31. The number of halogens is 5. The molecule has 2 aromatic carbocycles. The van der Waals surface area contributed by atoms with Gasteiger partial charge in [0.2, 0.25) is 0 Å². The van der Waals surface area contributed by atoms with Crippen LogP contribution in [0, 0.1) is 5.82 Å². The number of hydrogen-bond donors (Lipinski definition) is 0. The number of aromatic nitrogens is 3. The summed E-state index contributed by atoms with van der Waals surface area (Å²) in [5, 5.41) is 4.79. The fraction of sp³-hybridized carbons (Fsp3) is 0.182. The molecule has 0 radical (unpaired) electrons. The summed E-state index contributed by atoms with van der Waals surface area (Å²) < 4.78 is 53.6. The zero-order valence-corrected chi connectivity index (χ0v) is 16.5. The van der Waals surface area contributed by atoms with Crippen molar-refractivity contribution in [2.75, 3.05) is 0 Å². The van der Waals surface area contributed by atoms with E-state index in [0.717, 1.165) is 17.7 Å². The zero-order valence-electron chi connectivity index (χ0n) is 15.8. The molecule has 154 valence electrons. The summed E-state index contributed by atoms with van der Waals surface area (Å²) >= 11 is 6.40. The molecule has 3 nitrogen and oxygen atoms in total. The van der Waals surface area contributed by atoms with Gasteiger partial charge in [0.15, 0.2) is 5.65 Å². The molecule has 0 aliphatic rings. The summed E-state index contributed by atoms with van der Waals surface area (Å²) in [7, 11) is 0. The predicted molar refractivity (Wildman–Crippen MR) is 107 cm³/mol. The molecule has 0 spiro atoms. The second kappa shape index (κ2) is 7.72. The molecule has 4 aromatic rings. The Balaban J connectivity index is 1.73. The lowest BCUT2D eigenvalue weighted by molar-refractivity contribution is -0.137. The summed E-state index contributed by atoms with van der Waals surface area (Å²) in [6.45, 7) is 1.95. The molecule has 0 aliphatic carbocycles. The first-order valence-electron chi connectivity index (χ1n) is 9.18. The standard InChI is InChI=1S/C22H16ClF4N3/c1-13(9-14-3-2-4-17(24)10-14)20-19(23)12-28-21-18(11-29-30(20)21)15-5-7-16(8-6-15)22(25,26)27/h2-8,10-13H,9H2,1H3. The molecular formula is C22H16ClF4N3. The minimum atomic E-state index is -4.40. The summed E-state index contributed by atoms with van der Waals surface area (Å²) in [5.74, 6) is -0.417. The molecule has 0 fully saturated rings. The lowest BCUT2D eigenvalue weighted by atomic mass is 9.97. The molecular weight excluding hydrogens is 418 g/mol. The lowest BCUT2D eigenvalue weighted by Gasteiger charge is -2.15. The molecule has 8 heteroatoms. The van der Waals surface area contributed by atoms with Gasteiger partial charge in [0, 0.05) is 17.7 Å². The second-order valence-corrected chi connectivity index (χ2v) is 7.50. The van der Waals surface area contributed by atoms with Crippen LogP contribution in [0.4, 0.5) is 17.6 Å². The van der Waals surface area contributed by atoms with Crippen molar-refractivity contribution in [3.05, 3.63) is 88.6 Å². The van der Waals surface area contributed by atoms with Crippen molar-refractivity contribution in [3.63, 3.8) is 0 Å². The molecule has 0 saturated heterocycles. The number of hydrogen-bond acceptors (Lipinski definition) is 2. The van der Waals surface area contributed by atoms with E-state index in [2.05, 4.69) is 10.1 Å². The Morgan fingerprint density at radius 2 is 1.80 bits per heavy atom. The van der Waals surface area contributed by atoms with Crippen molar-refractivity contribution in [2.24, 2.45) is 0 Å². The van der Waals surface area contributed by atoms with E-state index in [1.165, 1.54) is 30.5 Å². The van der Waals surface area contributed by atoms with Gasteiger partial charge in [-0.25, -0.2) is 13.9 Å². The van der Waals surface area contributed by atoms with Crippen LogP contribution in [0.2, 0.25) is 5.02 Å². The first-order chi connectivity index (χ1) is 14.2. The highest BCUT2D eigenvalue weighted by Gasteiger charge is 2.30. The van der Waals surface area contributed by atoms with Crippen molar-refractivity contribution < 1.29 is 17.6 Å². The Hall–Kier alpha value is -2.93. The van der Waals surface area contributed by atoms with Gasteiger partial charge in [-0.05, 0) is 41.8 Å². The Labute approximate surface area is 174 Å². The maximum Gasteiger partial charge on any atom is 0.416 e. The highest BCUT2D eigenvalue weighted by Crippen LogP contribution is 2.33. The number of fused-ring (bicyclic) bond motifs is 1. The molecule has 1 atom stereocenters. The summed E-state index contributed by atoms with van der Waals surface area (Å²) in [4.78, 5) is 4.34. The Kier molecular flexibility index (Phi) is 5.24. The Morgan fingerprint density at radius 1 is 1.07 bits per heavy atom. The average Bonchev–Trinajstić information content (AvgIpc) is 3.11. The lowest BCUT2D eigenvalue weighted by Crippen LogP contribution is -2.08. The Morgan fingerprint density at radius 3 is 2.47 bits per heavy atom. The first kappa shape index (κ1) is 20.3. The van der Waals surface area contributed by atoms with Gasteiger partial charge < -0.3 is 0 Å². The van der Waals surface area contributed by atoms with E-state index >= 15 is 0 Å². The smallest absolute Gasteiger partial charge is 0.235 e. The van der Waals surface area contributed by atoms with Crippen molar-refractivity contribution in [1.29, 1.82) is 0 Å². The van der Waals surface area contributed by atoms with Gasteiger partial charge in [-0.15, -0.1) is 0 Å². The summed E-state index contributed by atoms with van der Waals surface area (Å²) in [6, 6.07) is 11.2. The van der Waals surface area contributed by atoms with E-state index < -0.39 is 11.7 Å². The number of rotatable bonds is 4. The van der Waals surface area contributed by atoms with Crippen molar-refractivity contribution in [1.82, 2.24) is 14.6 Å². The average molecular weight is 434 g/mol. The predicted octanol–water partition coefficient (Wildman–Crippen LogP) is 6.55. The third-order valence-corrected chi connectivity index (χ3v) is 5.23. The molecule has 4 rings (SSSR count). The third-order valence-electron chi connectivity index (χ3n) is 4.94. The first-order valence-corrected chi connectivity index (χ1v) is 9.56. The third kappa shape index (κ3) is 3.89. The molecule has 1 unspecified atom stereocenters. The van der Waals surface area contributed by atoms with Gasteiger partial charge >= 0.3 is 6.18 Å². The van der Waals surface area contributed by atoms with Crippen LogP contribution in [0.3, 0.4) is 0 Å². The molecule has 0 saturated carbocycles. The topological polar surface area (TPSA) is 30.2 Å². The number of alkyl halides is 3. The van der Waals surface area contributed by atoms with Gasteiger partial charge in [-0.1, -0.05) is 42.8 Å². The van der Waals surface area contributed by atoms with Crippen LogP contribution in [0.5, 0.6) is 0 Å². The van der Waals surface area contributed by atoms with Gasteiger partial charge in [-0.2, -0.15) is 18.3 Å². The molecule has 2 heterocycles. The van der Waals surface area contributed by atoms with Gasteiger partial charge in [0.1, 0.15) is 5.82 Å². The largest absolute Gasteiger partial charge is 0.416 e. The molecule has 30 heavy (non-hydrogen) atoms. The molecule has 0 aliphatic heterocycles. The van der Waals surface area contributed by atoms with Crippen molar-refractivity contribution in [2.45, 2.75) is 25.4 Å². The van der Waals surface area contributed by atoms with E-state index in [-0.39, 0.29) is 11.7 Å². The Bertz CT molecular complexity index is 1200. The van der Waals surface area contributed by atoms with Gasteiger partial charge in [0.25, 0.3) is 0 Å². The monoisotopic (exact) mass is 433 g/mol. The fourth-order valence-electron chi connectivity index (χ4n) is 3.53. The van der Waals surface area contributed by atoms with Crippen molar-refractivity contribution in [3.8, 4) is 11.1 Å². The van der Waals surface area contributed by atoms with E-state index in [9.17, 15) is 17.6 Å². The highest BCUT2D eigenvalue weighted by atomic mass is 35.5. The van der Waals surface area contributed by atoms with Gasteiger partial charge in [0.05, 0.1) is 22.5 Å². The van der Waals surface area contributed by atoms with Crippen LogP contribution in [-0.2, 0) is 12.6 Å². The van der Waals surface area contributed by atoms with E-state index in [1.54, 1.807) is 16.8 Å². The quantitative estimate of drug-likeness (QED) is 0.341. The summed E-state index contributed by atoms with van der Waals surface area (Å²) in [6.07, 6.45) is -0.805. The fourth-order valence-corrected chi connectivity index (χ4v) is 3.84. The number of nitrogens with zero attached hydrogens (tertiary/aromatic N) is 3.